The first-order chi connectivity index (χ1) is 16.9. The van der Waals surface area contributed by atoms with Gasteiger partial charge in [0.25, 0.3) is 5.91 Å². The highest BCUT2D eigenvalue weighted by Crippen LogP contribution is 2.54. The van der Waals surface area contributed by atoms with Gasteiger partial charge in [-0.1, -0.05) is 12.1 Å². The van der Waals surface area contributed by atoms with Gasteiger partial charge in [0.05, 0.1) is 18.2 Å². The number of amides is 1. The lowest BCUT2D eigenvalue weighted by Gasteiger charge is -2.22. The van der Waals surface area contributed by atoms with E-state index in [2.05, 4.69) is 28.3 Å². The number of aromatic nitrogens is 1. The fraction of sp³-hybridized carbons (Fsp3) is 0.448. The minimum atomic E-state index is -0.401. The summed E-state index contributed by atoms with van der Waals surface area (Å²) in [6.45, 7) is 3.82. The van der Waals surface area contributed by atoms with E-state index in [4.69, 9.17) is 9.47 Å². The van der Waals surface area contributed by atoms with Gasteiger partial charge in [0.1, 0.15) is 18.1 Å². The molecule has 1 amide bonds. The molecule has 1 spiro atoms. The summed E-state index contributed by atoms with van der Waals surface area (Å²) in [7, 11) is 3.86. The van der Waals surface area contributed by atoms with E-state index in [1.54, 1.807) is 13.3 Å². The molecule has 1 aromatic heterocycles. The van der Waals surface area contributed by atoms with E-state index in [9.17, 15) is 4.79 Å². The molecule has 1 atom stereocenters. The van der Waals surface area contributed by atoms with Crippen LogP contribution in [0.4, 0.5) is 0 Å². The summed E-state index contributed by atoms with van der Waals surface area (Å²) >= 11 is 0. The van der Waals surface area contributed by atoms with Crippen LogP contribution in [0.15, 0.2) is 48.7 Å². The van der Waals surface area contributed by atoms with Gasteiger partial charge in [-0.05, 0) is 86.9 Å². The number of pyridine rings is 1. The lowest BCUT2D eigenvalue weighted by atomic mass is 9.97. The largest absolute Gasteiger partial charge is 0.497 e. The number of ether oxygens (including phenoxy) is 2. The maximum Gasteiger partial charge on any atom is 0.252 e. The Labute approximate surface area is 206 Å². The van der Waals surface area contributed by atoms with Crippen molar-refractivity contribution in [3.8, 4) is 11.5 Å². The van der Waals surface area contributed by atoms with Crippen molar-refractivity contribution in [2.75, 3.05) is 27.3 Å². The standard InChI is InChI=1S/C29H33N3O3/c1-19-6-7-21(35-17-20-16-28(8-9-28)18-32(20)2)13-24(19)27(33)31-29(10-11-29)25-14-22(34-3)15-26-23(25)5-4-12-30-26/h4-7,12-15,20H,8-11,16-18H2,1-3H3,(H,31,33)/t20-/m0/s1. The van der Waals surface area contributed by atoms with Gasteiger partial charge in [0, 0.05) is 35.8 Å². The van der Waals surface area contributed by atoms with E-state index in [-0.39, 0.29) is 5.91 Å². The molecule has 0 radical (unpaired) electrons. The van der Waals surface area contributed by atoms with Crippen LogP contribution in [0.3, 0.4) is 0 Å². The number of carbonyl (C=O) groups excluding carboxylic acids is 1. The van der Waals surface area contributed by atoms with E-state index >= 15 is 0 Å². The Bertz CT molecular complexity index is 1300. The maximum absolute atomic E-state index is 13.5. The molecule has 2 aliphatic carbocycles. The first-order valence-electron chi connectivity index (χ1n) is 12.6. The number of fused-ring (bicyclic) bond motifs is 1. The molecule has 1 N–H and O–H groups in total. The van der Waals surface area contributed by atoms with Gasteiger partial charge in [-0.3, -0.25) is 14.7 Å². The molecular formula is C29H33N3O3. The van der Waals surface area contributed by atoms with E-state index < -0.39 is 5.54 Å². The van der Waals surface area contributed by atoms with Crippen molar-refractivity contribution in [1.82, 2.24) is 15.2 Å². The smallest absolute Gasteiger partial charge is 0.252 e. The molecule has 3 aromatic rings. The van der Waals surface area contributed by atoms with E-state index in [0.29, 0.717) is 23.6 Å². The second-order valence-electron chi connectivity index (χ2n) is 10.8. The molecule has 6 rings (SSSR count). The zero-order valence-electron chi connectivity index (χ0n) is 20.8. The number of likely N-dealkylation sites (N-methyl/N-ethyl adjacent to an activating group) is 1. The number of methoxy groups -OCH3 is 1. The Kier molecular flexibility index (Phi) is 5.26. The van der Waals surface area contributed by atoms with Crippen molar-refractivity contribution in [2.45, 2.75) is 50.6 Å². The van der Waals surface area contributed by atoms with Crippen LogP contribution in [-0.4, -0.2) is 49.1 Å². The van der Waals surface area contributed by atoms with Crippen LogP contribution in [0.1, 0.15) is 53.6 Å². The van der Waals surface area contributed by atoms with Gasteiger partial charge in [0.15, 0.2) is 0 Å². The average molecular weight is 472 g/mol. The number of hydrogen-bond acceptors (Lipinski definition) is 5. The Morgan fingerprint density at radius 3 is 2.69 bits per heavy atom. The highest BCUT2D eigenvalue weighted by molar-refractivity contribution is 5.97. The van der Waals surface area contributed by atoms with Crippen molar-refractivity contribution in [2.24, 2.45) is 5.41 Å². The Hall–Kier alpha value is -3.12. The molecule has 6 heteroatoms. The van der Waals surface area contributed by atoms with Gasteiger partial charge in [-0.25, -0.2) is 0 Å². The Morgan fingerprint density at radius 1 is 1.14 bits per heavy atom. The molecule has 6 nitrogen and oxygen atoms in total. The molecule has 0 unspecified atom stereocenters. The van der Waals surface area contributed by atoms with Crippen LogP contribution < -0.4 is 14.8 Å². The number of likely N-dealkylation sites (tertiary alicyclic amines) is 1. The number of nitrogens with zero attached hydrogens (tertiary/aromatic N) is 2. The Morgan fingerprint density at radius 2 is 1.97 bits per heavy atom. The molecule has 2 heterocycles. The summed E-state index contributed by atoms with van der Waals surface area (Å²) in [6, 6.07) is 14.3. The normalized spacial score (nSPS) is 21.7. The monoisotopic (exact) mass is 471 g/mol. The number of rotatable bonds is 7. The number of benzene rings is 2. The number of nitrogens with one attached hydrogen (secondary N) is 1. The van der Waals surface area contributed by atoms with Crippen LogP contribution in [0.25, 0.3) is 10.9 Å². The SMILES string of the molecule is COc1cc(C2(NC(=O)c3cc(OC[C@@H]4CC5(CC5)CN4C)ccc3C)CC2)c2cccnc2c1. The quantitative estimate of drug-likeness (QED) is 0.535. The average Bonchev–Trinajstić information content (AvgIpc) is 3.78. The highest BCUT2D eigenvalue weighted by Gasteiger charge is 2.51. The lowest BCUT2D eigenvalue weighted by Crippen LogP contribution is -2.35. The molecule has 3 fully saturated rings. The highest BCUT2D eigenvalue weighted by atomic mass is 16.5. The van der Waals surface area contributed by atoms with Crippen LogP contribution in [-0.2, 0) is 5.54 Å². The summed E-state index contributed by atoms with van der Waals surface area (Å²) in [5.41, 5.74) is 3.70. The minimum Gasteiger partial charge on any atom is -0.497 e. The van der Waals surface area contributed by atoms with Crippen LogP contribution >= 0.6 is 0 Å². The molecule has 0 bridgehead atoms. The molecular weight excluding hydrogens is 438 g/mol. The number of carbonyl (C=O) groups is 1. The molecule has 3 aliphatic rings. The first kappa shape index (κ1) is 22.4. The van der Waals surface area contributed by atoms with Gasteiger partial charge in [-0.15, -0.1) is 0 Å². The van der Waals surface area contributed by atoms with E-state index in [1.165, 1.54) is 25.8 Å². The Balaban J connectivity index is 1.21. The molecule has 1 aliphatic heterocycles. The van der Waals surface area contributed by atoms with Crippen molar-refractivity contribution < 1.29 is 14.3 Å². The molecule has 182 valence electrons. The lowest BCUT2D eigenvalue weighted by molar-refractivity contribution is 0.0930. The molecule has 2 saturated carbocycles. The second-order valence-corrected chi connectivity index (χ2v) is 10.8. The summed E-state index contributed by atoms with van der Waals surface area (Å²) in [5, 5.41) is 4.40. The first-order valence-corrected chi connectivity index (χ1v) is 12.6. The third-order valence-electron chi connectivity index (χ3n) is 8.28. The van der Waals surface area contributed by atoms with Gasteiger partial charge < -0.3 is 14.8 Å². The zero-order chi connectivity index (χ0) is 24.2. The van der Waals surface area contributed by atoms with Crippen molar-refractivity contribution in [1.29, 1.82) is 0 Å². The molecule has 35 heavy (non-hydrogen) atoms. The maximum atomic E-state index is 13.5. The van der Waals surface area contributed by atoms with Crippen molar-refractivity contribution >= 4 is 16.8 Å². The van der Waals surface area contributed by atoms with E-state index in [1.807, 2.05) is 43.3 Å². The van der Waals surface area contributed by atoms with Gasteiger partial charge in [-0.2, -0.15) is 0 Å². The van der Waals surface area contributed by atoms with Gasteiger partial charge in [0.2, 0.25) is 0 Å². The fourth-order valence-electron chi connectivity index (χ4n) is 5.77. The van der Waals surface area contributed by atoms with Gasteiger partial charge >= 0.3 is 0 Å². The summed E-state index contributed by atoms with van der Waals surface area (Å²) in [5.74, 6) is 1.44. The summed E-state index contributed by atoms with van der Waals surface area (Å²) in [4.78, 5) is 20.5. The van der Waals surface area contributed by atoms with Crippen LogP contribution in [0, 0.1) is 12.3 Å². The minimum absolute atomic E-state index is 0.0692. The third-order valence-corrected chi connectivity index (χ3v) is 8.28. The third kappa shape index (κ3) is 4.14. The predicted octanol–water partition coefficient (Wildman–Crippen LogP) is 4.83. The number of hydrogen-bond donors (Lipinski definition) is 1. The van der Waals surface area contributed by atoms with E-state index in [0.717, 1.165) is 46.4 Å². The zero-order valence-corrected chi connectivity index (χ0v) is 20.8. The van der Waals surface area contributed by atoms with Crippen LogP contribution in [0.2, 0.25) is 0 Å². The molecule has 2 aromatic carbocycles. The van der Waals surface area contributed by atoms with Crippen LogP contribution in [0.5, 0.6) is 11.5 Å². The molecule has 1 saturated heterocycles. The fourth-order valence-corrected chi connectivity index (χ4v) is 5.77. The predicted molar refractivity (Wildman–Crippen MR) is 136 cm³/mol. The summed E-state index contributed by atoms with van der Waals surface area (Å²) in [6.07, 6.45) is 7.48. The van der Waals surface area contributed by atoms with Crippen molar-refractivity contribution in [3.05, 3.63) is 65.4 Å². The second kappa shape index (κ2) is 8.23. The topological polar surface area (TPSA) is 63.7 Å². The summed E-state index contributed by atoms with van der Waals surface area (Å²) < 4.78 is 11.7. The number of aryl methyl sites for hydroxylation is 1. The van der Waals surface area contributed by atoms with Crippen molar-refractivity contribution in [3.63, 3.8) is 0 Å².